The minimum Gasteiger partial charge on any atom is -0.456 e. The molecule has 13 rings (SSSR count). The largest absolute Gasteiger partial charge is 0.456 e. The number of allylic oxidation sites excluding steroid dienone is 2. The normalized spacial score (nSPS) is 16.1. The molecule has 8 aromatic carbocycles. The monoisotopic (exact) mass is 742 g/mol. The first-order valence-electron chi connectivity index (χ1n) is 20.0. The highest BCUT2D eigenvalue weighted by Gasteiger charge is 2.37. The van der Waals surface area contributed by atoms with Gasteiger partial charge in [0, 0.05) is 55.3 Å². The molecule has 3 aromatic heterocycles. The van der Waals surface area contributed by atoms with Crippen LogP contribution in [0.2, 0.25) is 0 Å². The molecule has 0 radical (unpaired) electrons. The lowest BCUT2D eigenvalue weighted by molar-refractivity contribution is 0.668. The molecule has 0 fully saturated rings. The van der Waals surface area contributed by atoms with E-state index in [1.54, 1.807) is 0 Å². The average molecular weight is 743 g/mol. The van der Waals surface area contributed by atoms with E-state index in [2.05, 4.69) is 179 Å². The first kappa shape index (κ1) is 31.6. The maximum atomic E-state index is 6.19. The third-order valence-electron chi connectivity index (χ3n) is 12.5. The second-order valence-corrected chi connectivity index (χ2v) is 15.7. The Morgan fingerprint density at radius 2 is 0.966 bits per heavy atom. The Hall–Kier alpha value is -7.56. The van der Waals surface area contributed by atoms with E-state index < -0.39 is 0 Å². The van der Waals surface area contributed by atoms with Crippen molar-refractivity contribution in [3.63, 3.8) is 0 Å². The SMILES string of the molecule is C1=CC2c3cc(-c4cccc(-c5ccc6c(c5)c5ccccc5n6-c5ccc6oc7ccccc7c6c5)c4)ccc3N(c3ccc4oc5ccccc5c4c3)C2C=C1. The zero-order chi connectivity index (χ0) is 37.9. The third-order valence-corrected chi connectivity index (χ3v) is 12.5. The van der Waals surface area contributed by atoms with Crippen molar-refractivity contribution in [3.8, 4) is 27.9 Å². The van der Waals surface area contributed by atoms with Crippen LogP contribution in [-0.2, 0) is 0 Å². The summed E-state index contributed by atoms with van der Waals surface area (Å²) in [7, 11) is 0. The number of aromatic nitrogens is 1. The molecular formula is C54H34N2O2. The fraction of sp³-hybridized carbons (Fsp3) is 0.0370. The minimum atomic E-state index is 0.201. The molecule has 11 aromatic rings. The van der Waals surface area contributed by atoms with Crippen LogP contribution in [0.15, 0.2) is 203 Å². The van der Waals surface area contributed by atoms with Crippen LogP contribution in [-0.4, -0.2) is 10.6 Å². The van der Waals surface area contributed by atoms with Crippen LogP contribution in [0.3, 0.4) is 0 Å². The van der Waals surface area contributed by atoms with Gasteiger partial charge in [-0.3, -0.25) is 0 Å². The summed E-state index contributed by atoms with van der Waals surface area (Å²) < 4.78 is 14.7. The molecule has 0 saturated heterocycles. The number of furan rings is 2. The molecule has 58 heavy (non-hydrogen) atoms. The molecule has 0 spiro atoms. The van der Waals surface area contributed by atoms with Crippen LogP contribution in [0.1, 0.15) is 11.5 Å². The van der Waals surface area contributed by atoms with Crippen molar-refractivity contribution < 1.29 is 8.83 Å². The van der Waals surface area contributed by atoms with E-state index >= 15 is 0 Å². The van der Waals surface area contributed by atoms with Gasteiger partial charge in [0.15, 0.2) is 0 Å². The maximum Gasteiger partial charge on any atom is 0.135 e. The van der Waals surface area contributed by atoms with Crippen molar-refractivity contribution in [1.82, 2.24) is 4.57 Å². The molecule has 2 atom stereocenters. The van der Waals surface area contributed by atoms with Crippen molar-refractivity contribution in [1.29, 1.82) is 0 Å². The zero-order valence-electron chi connectivity index (χ0n) is 31.3. The molecular weight excluding hydrogens is 709 g/mol. The number of hydrogen-bond acceptors (Lipinski definition) is 3. The molecule has 0 amide bonds. The van der Waals surface area contributed by atoms with Crippen LogP contribution < -0.4 is 4.90 Å². The Bertz CT molecular complexity index is 3560. The van der Waals surface area contributed by atoms with Crippen LogP contribution in [0.25, 0.3) is 93.6 Å². The van der Waals surface area contributed by atoms with Gasteiger partial charge in [-0.2, -0.15) is 0 Å². The van der Waals surface area contributed by atoms with Gasteiger partial charge in [0.2, 0.25) is 0 Å². The van der Waals surface area contributed by atoms with Crippen molar-refractivity contribution in [2.24, 2.45) is 0 Å². The Labute approximate surface area is 333 Å². The van der Waals surface area contributed by atoms with E-state index in [1.807, 2.05) is 24.3 Å². The summed E-state index contributed by atoms with van der Waals surface area (Å²) in [6.45, 7) is 0. The van der Waals surface area contributed by atoms with Crippen molar-refractivity contribution in [3.05, 3.63) is 200 Å². The lowest BCUT2D eigenvalue weighted by Gasteiger charge is -2.28. The maximum absolute atomic E-state index is 6.19. The van der Waals surface area contributed by atoms with Gasteiger partial charge in [-0.25, -0.2) is 0 Å². The summed E-state index contributed by atoms with van der Waals surface area (Å²) in [6, 6.07) is 61.6. The third kappa shape index (κ3) is 4.57. The summed E-state index contributed by atoms with van der Waals surface area (Å²) in [4.78, 5) is 2.50. The molecule has 4 nitrogen and oxygen atoms in total. The second kappa shape index (κ2) is 12.0. The number of fused-ring (bicyclic) bond motifs is 12. The van der Waals surface area contributed by atoms with Gasteiger partial charge in [-0.05, 0) is 113 Å². The highest BCUT2D eigenvalue weighted by atomic mass is 16.3. The summed E-state index contributed by atoms with van der Waals surface area (Å²) >= 11 is 0. The molecule has 4 heterocycles. The summed E-state index contributed by atoms with van der Waals surface area (Å²) in [5.41, 5.74) is 15.7. The van der Waals surface area contributed by atoms with E-state index in [-0.39, 0.29) is 12.0 Å². The van der Waals surface area contributed by atoms with Gasteiger partial charge in [0.05, 0.1) is 17.1 Å². The Kier molecular flexibility index (Phi) is 6.53. The quantitative estimate of drug-likeness (QED) is 0.180. The van der Waals surface area contributed by atoms with Crippen LogP contribution in [0, 0.1) is 0 Å². The number of anilines is 2. The van der Waals surface area contributed by atoms with Crippen molar-refractivity contribution in [2.75, 3.05) is 4.90 Å². The Morgan fingerprint density at radius 1 is 0.379 bits per heavy atom. The average Bonchev–Trinajstić information content (AvgIpc) is 4.03. The number of para-hydroxylation sites is 3. The second-order valence-electron chi connectivity index (χ2n) is 15.7. The van der Waals surface area contributed by atoms with Crippen LogP contribution >= 0.6 is 0 Å². The number of hydrogen-bond donors (Lipinski definition) is 0. The van der Waals surface area contributed by atoms with E-state index in [4.69, 9.17) is 8.83 Å². The Balaban J connectivity index is 0.892. The predicted octanol–water partition coefficient (Wildman–Crippen LogP) is 14.6. The fourth-order valence-electron chi connectivity index (χ4n) is 9.85. The molecule has 1 aliphatic carbocycles. The summed E-state index contributed by atoms with van der Waals surface area (Å²) in [5.74, 6) is 0.257. The van der Waals surface area contributed by atoms with Crippen molar-refractivity contribution in [2.45, 2.75) is 12.0 Å². The lowest BCUT2D eigenvalue weighted by atomic mass is 9.89. The number of rotatable bonds is 4. The van der Waals surface area contributed by atoms with Gasteiger partial charge in [0.25, 0.3) is 0 Å². The summed E-state index contributed by atoms with van der Waals surface area (Å²) in [5, 5.41) is 7.03. The molecule has 272 valence electrons. The van der Waals surface area contributed by atoms with Crippen molar-refractivity contribution >= 4 is 77.1 Å². The van der Waals surface area contributed by atoms with Gasteiger partial charge in [-0.1, -0.05) is 109 Å². The standard InChI is InChI=1S/C54H34N2O2/c1-5-16-47-39(12-1)43-29-35(20-24-49(43)55(47)37-22-26-53-45(31-37)41-14-3-7-18-51(41)57-53)33-10-9-11-34(28-33)36-21-25-50-44(30-36)40-13-2-6-17-48(40)56(50)38-23-27-54-46(32-38)42-15-4-8-19-52(42)58-54/h1-32,39,47H. The van der Waals surface area contributed by atoms with Gasteiger partial charge in [-0.15, -0.1) is 0 Å². The molecule has 1 aliphatic heterocycles. The predicted molar refractivity (Wildman–Crippen MR) is 240 cm³/mol. The highest BCUT2D eigenvalue weighted by Crippen LogP contribution is 2.50. The fourth-order valence-corrected chi connectivity index (χ4v) is 9.85. The first-order chi connectivity index (χ1) is 28.7. The van der Waals surface area contributed by atoms with Crippen LogP contribution in [0.4, 0.5) is 11.4 Å². The van der Waals surface area contributed by atoms with Gasteiger partial charge in [0.1, 0.15) is 22.3 Å². The van der Waals surface area contributed by atoms with Crippen LogP contribution in [0.5, 0.6) is 0 Å². The Morgan fingerprint density at radius 3 is 1.74 bits per heavy atom. The zero-order valence-corrected chi connectivity index (χ0v) is 31.3. The van der Waals surface area contributed by atoms with E-state index in [0.717, 1.165) is 49.6 Å². The van der Waals surface area contributed by atoms with E-state index in [9.17, 15) is 0 Å². The summed E-state index contributed by atoms with van der Waals surface area (Å²) in [6.07, 6.45) is 9.08. The topological polar surface area (TPSA) is 34.5 Å². The molecule has 2 aliphatic rings. The van der Waals surface area contributed by atoms with Gasteiger partial charge < -0.3 is 18.3 Å². The smallest absolute Gasteiger partial charge is 0.135 e. The van der Waals surface area contributed by atoms with E-state index in [0.29, 0.717) is 0 Å². The lowest BCUT2D eigenvalue weighted by Crippen LogP contribution is -2.28. The minimum absolute atomic E-state index is 0.201. The molecule has 4 heteroatoms. The molecule has 0 saturated carbocycles. The molecule has 0 bridgehead atoms. The molecule has 0 N–H and O–H groups in total. The number of nitrogens with zero attached hydrogens (tertiary/aromatic N) is 2. The van der Waals surface area contributed by atoms with Gasteiger partial charge >= 0.3 is 0 Å². The molecule has 2 unspecified atom stereocenters. The first-order valence-corrected chi connectivity index (χ1v) is 20.0. The van der Waals surface area contributed by atoms with E-state index in [1.165, 1.54) is 61.0 Å². The number of benzene rings is 8. The highest BCUT2D eigenvalue weighted by molar-refractivity contribution is 6.12.